The first-order valence-electron chi connectivity index (χ1n) is 21.7. The summed E-state index contributed by atoms with van der Waals surface area (Å²) in [7, 11) is 4.95. The van der Waals surface area contributed by atoms with Crippen LogP contribution in [0.2, 0.25) is 0 Å². The van der Waals surface area contributed by atoms with Gasteiger partial charge in [-0.2, -0.15) is 0 Å². The Bertz CT molecular complexity index is 2580. The minimum atomic E-state index is -0.792. The molecule has 2 saturated heterocycles. The van der Waals surface area contributed by atoms with Gasteiger partial charge in [-0.1, -0.05) is 92.7 Å². The molecule has 326 valence electrons. The summed E-state index contributed by atoms with van der Waals surface area (Å²) in [4.78, 5) is 74.5. The molecule has 0 bridgehead atoms. The average Bonchev–Trinajstić information content (AvgIpc) is 4.14. The number of rotatable bonds is 13. The molecule has 63 heavy (non-hydrogen) atoms. The standard InChI is InChI=1S/C49H55N9O5/c1-30(2)43(55-49(62)63-5)47(60)57-23-9-13-40(57)46-51-28-39(53-46)37-22-21-35-25-34(19-20-36(35)26-37)31-15-17-32(18-16-31)38-27-50-45(52-38)41-14-10-24-58(41)48(61)44(33-11-7-6-8-12-33)54-42(59)29-56(3)4/h6-8,11-12,15-22,25-28,30,40-41,43-44H,9-10,13-14,23-24,29H2,1-5H3,(H,50,52)(H,51,53)(H,54,59)(H,55,62). The van der Waals surface area contributed by atoms with E-state index in [2.05, 4.69) is 81.3 Å². The number of aromatic amines is 2. The van der Waals surface area contributed by atoms with Gasteiger partial charge < -0.3 is 40.0 Å². The van der Waals surface area contributed by atoms with Crippen molar-refractivity contribution in [1.82, 2.24) is 45.3 Å². The molecule has 14 nitrogen and oxygen atoms in total. The SMILES string of the molecule is COC(=O)NC(C(=O)N1CCCC1c1ncc(-c2ccc3cc(-c4ccc(-c5cnc(C6CCCN6C(=O)C(NC(=O)CN(C)C)c6ccccc6)[nH]5)cc4)ccc3c2)[nH]1)C(C)C. The number of amides is 4. The number of ether oxygens (including phenoxy) is 1. The summed E-state index contributed by atoms with van der Waals surface area (Å²) < 4.78 is 4.78. The predicted octanol–water partition coefficient (Wildman–Crippen LogP) is 7.41. The number of likely N-dealkylation sites (tertiary alicyclic amines) is 2. The molecule has 0 aliphatic carbocycles. The Kier molecular flexibility index (Phi) is 12.7. The second-order valence-corrected chi connectivity index (χ2v) is 17.1. The molecule has 8 rings (SSSR count). The van der Waals surface area contributed by atoms with Crippen LogP contribution in [0.1, 0.15) is 74.9 Å². The maximum atomic E-state index is 14.1. The number of imidazole rings is 2. The van der Waals surface area contributed by atoms with E-state index in [1.807, 2.05) is 80.5 Å². The van der Waals surface area contributed by atoms with E-state index in [1.54, 1.807) is 4.90 Å². The number of aromatic nitrogens is 4. The van der Waals surface area contributed by atoms with Crippen LogP contribution in [0.3, 0.4) is 0 Å². The van der Waals surface area contributed by atoms with Crippen molar-refractivity contribution in [3.05, 3.63) is 121 Å². The van der Waals surface area contributed by atoms with E-state index < -0.39 is 18.2 Å². The van der Waals surface area contributed by atoms with Gasteiger partial charge >= 0.3 is 6.09 Å². The van der Waals surface area contributed by atoms with Crippen molar-refractivity contribution in [2.24, 2.45) is 5.92 Å². The highest BCUT2D eigenvalue weighted by Crippen LogP contribution is 2.36. The molecule has 0 saturated carbocycles. The number of nitrogens with one attached hydrogen (secondary N) is 4. The molecule has 4 amide bonds. The lowest BCUT2D eigenvalue weighted by atomic mass is 9.98. The smallest absolute Gasteiger partial charge is 0.407 e. The molecule has 2 aliphatic rings. The zero-order valence-corrected chi connectivity index (χ0v) is 36.4. The molecule has 0 radical (unpaired) electrons. The Hall–Kier alpha value is -6.80. The first-order valence-corrected chi connectivity index (χ1v) is 21.7. The van der Waals surface area contributed by atoms with Gasteiger partial charge in [-0.05, 0) is 90.9 Å². The second-order valence-electron chi connectivity index (χ2n) is 17.1. The van der Waals surface area contributed by atoms with Crippen LogP contribution in [0.4, 0.5) is 4.79 Å². The van der Waals surface area contributed by atoms with Crippen molar-refractivity contribution in [3.63, 3.8) is 0 Å². The van der Waals surface area contributed by atoms with Crippen molar-refractivity contribution < 1.29 is 23.9 Å². The molecule has 6 aromatic rings. The maximum absolute atomic E-state index is 14.1. The van der Waals surface area contributed by atoms with Crippen LogP contribution in [0.15, 0.2) is 103 Å². The van der Waals surface area contributed by atoms with E-state index in [4.69, 9.17) is 14.7 Å². The van der Waals surface area contributed by atoms with Crippen LogP contribution in [-0.2, 0) is 19.1 Å². The summed E-state index contributed by atoms with van der Waals surface area (Å²) in [6.45, 7) is 5.17. The molecule has 4 aromatic carbocycles. The van der Waals surface area contributed by atoms with Crippen molar-refractivity contribution in [3.8, 4) is 33.6 Å². The Morgan fingerprint density at radius 3 is 1.84 bits per heavy atom. The number of alkyl carbamates (subject to hydrolysis) is 1. The average molecular weight is 850 g/mol. The van der Waals surface area contributed by atoms with Crippen LogP contribution in [-0.4, -0.2) is 105 Å². The van der Waals surface area contributed by atoms with Crippen molar-refractivity contribution in [1.29, 1.82) is 0 Å². The van der Waals surface area contributed by atoms with Gasteiger partial charge in [-0.25, -0.2) is 14.8 Å². The van der Waals surface area contributed by atoms with Crippen molar-refractivity contribution in [2.45, 2.75) is 63.7 Å². The number of methoxy groups -OCH3 is 1. The van der Waals surface area contributed by atoms with E-state index in [0.29, 0.717) is 13.1 Å². The fourth-order valence-corrected chi connectivity index (χ4v) is 8.84. The molecule has 4 atom stereocenters. The molecule has 4 unspecified atom stereocenters. The second kappa shape index (κ2) is 18.7. The van der Waals surface area contributed by atoms with E-state index in [-0.39, 0.29) is 42.3 Å². The van der Waals surface area contributed by atoms with E-state index in [0.717, 1.165) is 87.3 Å². The maximum Gasteiger partial charge on any atom is 0.407 e. The third-order valence-electron chi connectivity index (χ3n) is 12.1. The molecule has 2 fully saturated rings. The van der Waals surface area contributed by atoms with Gasteiger partial charge in [0.1, 0.15) is 23.7 Å². The predicted molar refractivity (Wildman–Crippen MR) is 242 cm³/mol. The molecule has 2 aliphatic heterocycles. The summed E-state index contributed by atoms with van der Waals surface area (Å²) in [6.07, 6.45) is 6.27. The number of carbonyl (C=O) groups is 4. The van der Waals surface area contributed by atoms with Gasteiger partial charge in [0.2, 0.25) is 17.7 Å². The zero-order valence-electron chi connectivity index (χ0n) is 36.4. The highest BCUT2D eigenvalue weighted by Gasteiger charge is 2.38. The number of hydrogen-bond donors (Lipinski definition) is 4. The third-order valence-corrected chi connectivity index (χ3v) is 12.1. The number of likely N-dealkylation sites (N-methyl/N-ethyl adjacent to an activating group) is 1. The number of fused-ring (bicyclic) bond motifs is 1. The first kappa shape index (κ1) is 42.9. The fraction of sp³-hybridized carbons (Fsp3) is 0.347. The normalized spacial score (nSPS) is 17.3. The van der Waals surface area contributed by atoms with Crippen LogP contribution in [0.5, 0.6) is 0 Å². The van der Waals surface area contributed by atoms with Crippen molar-refractivity contribution in [2.75, 3.05) is 40.8 Å². The van der Waals surface area contributed by atoms with Gasteiger partial charge in [0.25, 0.3) is 0 Å². The van der Waals surface area contributed by atoms with Crippen LogP contribution in [0, 0.1) is 5.92 Å². The van der Waals surface area contributed by atoms with Crippen LogP contribution in [0.25, 0.3) is 44.4 Å². The molecular formula is C49H55N9O5. The molecule has 2 aromatic heterocycles. The van der Waals surface area contributed by atoms with Gasteiger partial charge in [-0.15, -0.1) is 0 Å². The van der Waals surface area contributed by atoms with Crippen LogP contribution < -0.4 is 10.6 Å². The third kappa shape index (κ3) is 9.36. The van der Waals surface area contributed by atoms with Gasteiger partial charge in [-0.3, -0.25) is 14.4 Å². The quantitative estimate of drug-likeness (QED) is 0.0932. The Morgan fingerprint density at radius 2 is 1.25 bits per heavy atom. The Labute approximate surface area is 367 Å². The highest BCUT2D eigenvalue weighted by atomic mass is 16.5. The summed E-state index contributed by atoms with van der Waals surface area (Å²) in [5, 5.41) is 7.88. The number of carbonyl (C=O) groups excluding carboxylic acids is 4. The summed E-state index contributed by atoms with van der Waals surface area (Å²) >= 11 is 0. The lowest BCUT2D eigenvalue weighted by Gasteiger charge is -2.30. The lowest BCUT2D eigenvalue weighted by molar-refractivity contribution is -0.137. The Balaban J connectivity index is 0.939. The van der Waals surface area contributed by atoms with Gasteiger partial charge in [0, 0.05) is 18.7 Å². The van der Waals surface area contributed by atoms with Gasteiger partial charge in [0.05, 0.1) is 49.5 Å². The highest BCUT2D eigenvalue weighted by molar-refractivity contribution is 5.91. The molecule has 0 spiro atoms. The number of hydrogen-bond acceptors (Lipinski definition) is 8. The van der Waals surface area contributed by atoms with Crippen molar-refractivity contribution >= 4 is 34.6 Å². The van der Waals surface area contributed by atoms with Gasteiger partial charge in [0.15, 0.2) is 0 Å². The molecule has 4 N–H and O–H groups in total. The molecule has 4 heterocycles. The minimum Gasteiger partial charge on any atom is -0.453 e. The van der Waals surface area contributed by atoms with E-state index >= 15 is 0 Å². The Morgan fingerprint density at radius 1 is 0.714 bits per heavy atom. The summed E-state index contributed by atoms with van der Waals surface area (Å²) in [6, 6.07) is 28.6. The molecular weight excluding hydrogens is 795 g/mol. The fourth-order valence-electron chi connectivity index (χ4n) is 8.84. The lowest BCUT2D eigenvalue weighted by Crippen LogP contribution is -2.51. The minimum absolute atomic E-state index is 0.107. The monoisotopic (exact) mass is 849 g/mol. The zero-order chi connectivity index (χ0) is 44.2. The first-order chi connectivity index (χ1) is 30.5. The summed E-state index contributed by atoms with van der Waals surface area (Å²) in [5.41, 5.74) is 6.63. The number of nitrogens with zero attached hydrogens (tertiary/aromatic N) is 5. The molecule has 14 heteroatoms. The van der Waals surface area contributed by atoms with E-state index in [9.17, 15) is 19.2 Å². The number of H-pyrrole nitrogens is 2. The topological polar surface area (TPSA) is 169 Å². The van der Waals surface area contributed by atoms with Crippen LogP contribution >= 0.6 is 0 Å². The number of benzene rings is 4. The van der Waals surface area contributed by atoms with E-state index in [1.165, 1.54) is 7.11 Å². The largest absolute Gasteiger partial charge is 0.453 e. The summed E-state index contributed by atoms with van der Waals surface area (Å²) in [5.74, 6) is 0.858.